The predicted octanol–water partition coefficient (Wildman–Crippen LogP) is 6.46. The van der Waals surface area contributed by atoms with Gasteiger partial charge in [0.1, 0.15) is 18.4 Å². The Bertz CT molecular complexity index is 1380. The van der Waals surface area contributed by atoms with Crippen molar-refractivity contribution in [3.63, 3.8) is 0 Å². The summed E-state index contributed by atoms with van der Waals surface area (Å²) in [6.07, 6.45) is 2.13. The van der Waals surface area contributed by atoms with Crippen LogP contribution in [0.2, 0.25) is 0 Å². The monoisotopic (exact) mass is 612 g/mol. The lowest BCUT2D eigenvalue weighted by Crippen LogP contribution is -2.35. The largest absolute Gasteiger partial charge is 0.573 e. The number of rotatable bonds is 11. The Hall–Kier alpha value is -3.67. The molecule has 2 N–H and O–H groups in total. The zero-order chi connectivity index (χ0) is 31.1. The zero-order valence-electron chi connectivity index (χ0n) is 24.9. The van der Waals surface area contributed by atoms with E-state index in [2.05, 4.69) is 31.8 Å². The molecular formula is C33H39F3N4O4. The lowest BCUT2D eigenvalue weighted by atomic mass is 9.97. The molecule has 1 atom stereocenters. The van der Waals surface area contributed by atoms with Gasteiger partial charge in [-0.3, -0.25) is 9.69 Å². The van der Waals surface area contributed by atoms with E-state index in [1.165, 1.54) is 12.1 Å². The van der Waals surface area contributed by atoms with E-state index in [0.717, 1.165) is 68.6 Å². The Morgan fingerprint density at radius 1 is 1.05 bits per heavy atom. The number of amides is 1. The third kappa shape index (κ3) is 8.28. The first-order valence-electron chi connectivity index (χ1n) is 15.2. The first kappa shape index (κ1) is 31.7. The number of carbonyl (C=O) groups excluding carboxylic acids is 1. The van der Waals surface area contributed by atoms with Gasteiger partial charge in [-0.05, 0) is 98.2 Å². The summed E-state index contributed by atoms with van der Waals surface area (Å²) in [6, 6.07) is 15.6. The summed E-state index contributed by atoms with van der Waals surface area (Å²) in [4.78, 5) is 22.4. The van der Waals surface area contributed by atoms with Crippen molar-refractivity contribution in [2.75, 3.05) is 43.3 Å². The van der Waals surface area contributed by atoms with Crippen LogP contribution < -0.4 is 15.0 Å². The van der Waals surface area contributed by atoms with Gasteiger partial charge in [-0.1, -0.05) is 19.1 Å². The van der Waals surface area contributed by atoms with Crippen LogP contribution in [-0.2, 0) is 11.3 Å². The topological polar surface area (TPSA) is 87.2 Å². The summed E-state index contributed by atoms with van der Waals surface area (Å²) >= 11 is 0. The normalized spacial score (nSPS) is 18.0. The van der Waals surface area contributed by atoms with Gasteiger partial charge in [0, 0.05) is 48.7 Å². The van der Waals surface area contributed by atoms with Crippen molar-refractivity contribution >= 4 is 17.4 Å². The molecule has 5 rings (SSSR count). The Kier molecular flexibility index (Phi) is 10.4. The smallest absolute Gasteiger partial charge is 0.406 e. The molecule has 1 aromatic heterocycles. The third-order valence-electron chi connectivity index (χ3n) is 8.53. The number of aliphatic hydroxyl groups is 1. The Balaban J connectivity index is 1.29. The molecule has 2 aromatic carbocycles. The van der Waals surface area contributed by atoms with E-state index in [9.17, 15) is 18.0 Å². The number of nitrogens with one attached hydrogen (secondary N) is 1. The predicted molar refractivity (Wildman–Crippen MR) is 162 cm³/mol. The van der Waals surface area contributed by atoms with Crippen LogP contribution in [0.4, 0.5) is 24.7 Å². The van der Waals surface area contributed by atoms with Gasteiger partial charge in [-0.2, -0.15) is 0 Å². The van der Waals surface area contributed by atoms with Crippen molar-refractivity contribution in [2.24, 2.45) is 5.92 Å². The number of likely N-dealkylation sites (tertiary alicyclic amines) is 1. The van der Waals surface area contributed by atoms with Gasteiger partial charge >= 0.3 is 6.36 Å². The maximum absolute atomic E-state index is 13.2. The van der Waals surface area contributed by atoms with Crippen molar-refractivity contribution in [3.8, 4) is 16.9 Å². The molecule has 0 radical (unpaired) electrons. The molecule has 3 aromatic rings. The van der Waals surface area contributed by atoms with Crippen LogP contribution in [0.1, 0.15) is 54.9 Å². The van der Waals surface area contributed by atoms with E-state index in [-0.39, 0.29) is 18.4 Å². The average Bonchev–Trinajstić information content (AvgIpc) is 3.47. The minimum absolute atomic E-state index is 0.250. The number of nitrogens with zero attached hydrogens (tertiary/aromatic N) is 3. The van der Waals surface area contributed by atoms with Crippen LogP contribution >= 0.6 is 0 Å². The van der Waals surface area contributed by atoms with Gasteiger partial charge in [0.25, 0.3) is 5.91 Å². The zero-order valence-corrected chi connectivity index (χ0v) is 24.9. The lowest BCUT2D eigenvalue weighted by molar-refractivity contribution is -0.274. The van der Waals surface area contributed by atoms with Crippen LogP contribution in [0.5, 0.6) is 5.75 Å². The molecule has 0 bridgehead atoms. The second-order valence-corrected chi connectivity index (χ2v) is 11.4. The number of piperidine rings is 1. The van der Waals surface area contributed by atoms with Crippen LogP contribution in [0.25, 0.3) is 11.1 Å². The van der Waals surface area contributed by atoms with Gasteiger partial charge in [0.2, 0.25) is 0 Å². The molecule has 2 aliphatic rings. The van der Waals surface area contributed by atoms with Crippen LogP contribution in [0, 0.1) is 5.92 Å². The first-order valence-corrected chi connectivity index (χ1v) is 15.2. The van der Waals surface area contributed by atoms with Crippen molar-refractivity contribution in [2.45, 2.75) is 58.0 Å². The molecule has 0 saturated carbocycles. The summed E-state index contributed by atoms with van der Waals surface area (Å²) in [6.45, 7) is 5.86. The number of hydrogen-bond donors (Lipinski definition) is 2. The highest BCUT2D eigenvalue weighted by molar-refractivity contribution is 6.04. The number of halogens is 3. The summed E-state index contributed by atoms with van der Waals surface area (Å²) in [7, 11) is 0. The van der Waals surface area contributed by atoms with Gasteiger partial charge in [-0.15, -0.1) is 13.2 Å². The number of aromatic nitrogens is 1. The van der Waals surface area contributed by atoms with Gasteiger partial charge in [0.05, 0.1) is 6.61 Å². The maximum atomic E-state index is 13.2. The molecule has 236 valence electrons. The van der Waals surface area contributed by atoms with Crippen LogP contribution in [0.15, 0.2) is 60.8 Å². The number of aliphatic hydroxyl groups excluding tert-OH is 1. The van der Waals surface area contributed by atoms with Crippen LogP contribution in [0.3, 0.4) is 0 Å². The number of anilines is 2. The first-order chi connectivity index (χ1) is 21.2. The Labute approximate surface area is 255 Å². The number of benzene rings is 2. The molecule has 8 nitrogen and oxygen atoms in total. The number of pyridine rings is 1. The molecule has 2 aliphatic heterocycles. The second-order valence-electron chi connectivity index (χ2n) is 11.4. The Morgan fingerprint density at radius 2 is 1.77 bits per heavy atom. The number of alkyl halides is 3. The summed E-state index contributed by atoms with van der Waals surface area (Å²) in [5.74, 6) is 0.292. The summed E-state index contributed by atoms with van der Waals surface area (Å²) < 4.78 is 47.2. The SMILES string of the molecule is CC[C@@H]1CCCN1Cc1cc(NC(=O)c2ccc(N3CCC(COCO)CC3)cc2)ncc1-c1ccc(OC(F)(F)F)cc1. The van der Waals surface area contributed by atoms with Crippen LogP contribution in [-0.4, -0.2) is 66.3 Å². The van der Waals surface area contributed by atoms with E-state index in [1.54, 1.807) is 18.3 Å². The quantitative estimate of drug-likeness (QED) is 0.241. The van der Waals surface area contributed by atoms with Gasteiger partial charge in [-0.25, -0.2) is 4.98 Å². The summed E-state index contributed by atoms with van der Waals surface area (Å²) in [5, 5.41) is 11.8. The van der Waals surface area contributed by atoms with E-state index in [1.807, 2.05) is 30.3 Å². The van der Waals surface area contributed by atoms with E-state index < -0.39 is 6.36 Å². The molecular weight excluding hydrogens is 573 g/mol. The Morgan fingerprint density at radius 3 is 2.43 bits per heavy atom. The molecule has 3 heterocycles. The minimum Gasteiger partial charge on any atom is -0.406 e. The highest BCUT2D eigenvalue weighted by atomic mass is 19.4. The average molecular weight is 613 g/mol. The van der Waals surface area contributed by atoms with Crippen molar-refractivity contribution < 1.29 is 32.5 Å². The molecule has 0 unspecified atom stereocenters. The highest BCUT2D eigenvalue weighted by Gasteiger charge is 2.31. The summed E-state index contributed by atoms with van der Waals surface area (Å²) in [5.41, 5.74) is 4.00. The minimum atomic E-state index is -4.76. The molecule has 0 spiro atoms. The number of carbonyl (C=O) groups is 1. The van der Waals surface area contributed by atoms with Gasteiger partial charge in [0.15, 0.2) is 0 Å². The molecule has 11 heteroatoms. The number of hydrogen-bond acceptors (Lipinski definition) is 7. The van der Waals surface area contributed by atoms with E-state index >= 15 is 0 Å². The lowest BCUT2D eigenvalue weighted by Gasteiger charge is -2.33. The van der Waals surface area contributed by atoms with E-state index in [4.69, 9.17) is 9.84 Å². The fraction of sp³-hybridized carbons (Fsp3) is 0.455. The van der Waals surface area contributed by atoms with Gasteiger partial charge < -0.3 is 24.8 Å². The highest BCUT2D eigenvalue weighted by Crippen LogP contribution is 2.32. The molecule has 44 heavy (non-hydrogen) atoms. The molecule has 0 aliphatic carbocycles. The molecule has 2 fully saturated rings. The van der Waals surface area contributed by atoms with Crippen molar-refractivity contribution in [1.29, 1.82) is 0 Å². The third-order valence-corrected chi connectivity index (χ3v) is 8.53. The van der Waals surface area contributed by atoms with Crippen molar-refractivity contribution in [3.05, 3.63) is 71.9 Å². The maximum Gasteiger partial charge on any atom is 0.573 e. The molecule has 1 amide bonds. The fourth-order valence-electron chi connectivity index (χ4n) is 6.17. The van der Waals surface area contributed by atoms with E-state index in [0.29, 0.717) is 42.1 Å². The second kappa shape index (κ2) is 14.4. The standard InChI is InChI=1S/C33H39F3N4O4/c1-2-27-4-3-15-40(27)20-26-18-31(37-19-30(26)24-7-11-29(12-8-24)44-33(34,35)36)38-32(42)25-5-9-28(10-6-25)39-16-13-23(14-17-39)21-43-22-41/h5-12,18-19,23,27,41H,2-4,13-17,20-22H2,1H3,(H,37,38,42)/t27-/m1/s1. The van der Waals surface area contributed by atoms with Crippen molar-refractivity contribution in [1.82, 2.24) is 9.88 Å². The fourth-order valence-corrected chi connectivity index (χ4v) is 6.17. The molecule has 2 saturated heterocycles. The number of ether oxygens (including phenoxy) is 2.